The Kier molecular flexibility index (Phi) is 3.19. The van der Waals surface area contributed by atoms with Gasteiger partial charge in [-0.3, -0.25) is 0 Å². The van der Waals surface area contributed by atoms with Crippen molar-refractivity contribution < 1.29 is 9.13 Å². The van der Waals surface area contributed by atoms with Crippen molar-refractivity contribution >= 4 is 17.2 Å². The molecule has 0 heterocycles. The van der Waals surface area contributed by atoms with Crippen LogP contribution in [0.15, 0.2) is 24.3 Å². The van der Waals surface area contributed by atoms with Crippen LogP contribution in [0, 0.1) is 5.82 Å². The molecule has 2 nitrogen and oxygen atoms in total. The lowest BCUT2D eigenvalue weighted by molar-refractivity contribution is 0.287. The SMILES string of the molecule is CC(Oc1cccc(F)c1)C(N)=S. The second kappa shape index (κ2) is 4.18. The highest BCUT2D eigenvalue weighted by Crippen LogP contribution is 2.13. The third kappa shape index (κ3) is 2.99. The van der Waals surface area contributed by atoms with Crippen LogP contribution in [0.25, 0.3) is 0 Å². The number of hydrogen-bond donors (Lipinski definition) is 1. The zero-order chi connectivity index (χ0) is 9.84. The van der Waals surface area contributed by atoms with Crippen molar-refractivity contribution in [3.05, 3.63) is 30.1 Å². The molecule has 0 radical (unpaired) electrons. The van der Waals surface area contributed by atoms with Gasteiger partial charge in [0.05, 0.1) is 0 Å². The highest BCUT2D eigenvalue weighted by molar-refractivity contribution is 7.80. The van der Waals surface area contributed by atoms with Crippen LogP contribution in [0.3, 0.4) is 0 Å². The number of benzene rings is 1. The van der Waals surface area contributed by atoms with Gasteiger partial charge in [0.25, 0.3) is 0 Å². The number of rotatable bonds is 3. The first kappa shape index (κ1) is 9.92. The molecule has 70 valence electrons. The van der Waals surface area contributed by atoms with E-state index in [0.717, 1.165) is 0 Å². The highest BCUT2D eigenvalue weighted by Gasteiger charge is 2.06. The highest BCUT2D eigenvalue weighted by atomic mass is 32.1. The molecule has 2 N–H and O–H groups in total. The van der Waals surface area contributed by atoms with Crippen LogP contribution >= 0.6 is 12.2 Å². The Hall–Kier alpha value is -1.16. The van der Waals surface area contributed by atoms with Gasteiger partial charge in [0.15, 0.2) is 0 Å². The smallest absolute Gasteiger partial charge is 0.145 e. The Morgan fingerprint density at radius 3 is 2.85 bits per heavy atom. The maximum Gasteiger partial charge on any atom is 0.145 e. The normalized spacial score (nSPS) is 12.2. The lowest BCUT2D eigenvalue weighted by Gasteiger charge is -2.12. The summed E-state index contributed by atoms with van der Waals surface area (Å²) in [6.45, 7) is 1.72. The minimum Gasteiger partial charge on any atom is -0.484 e. The van der Waals surface area contributed by atoms with E-state index in [1.54, 1.807) is 19.1 Å². The van der Waals surface area contributed by atoms with Crippen LogP contribution in [0.5, 0.6) is 5.75 Å². The van der Waals surface area contributed by atoms with E-state index in [4.69, 9.17) is 22.7 Å². The third-order valence-corrected chi connectivity index (χ3v) is 1.84. The molecule has 0 aliphatic carbocycles. The topological polar surface area (TPSA) is 35.2 Å². The van der Waals surface area contributed by atoms with E-state index >= 15 is 0 Å². The van der Waals surface area contributed by atoms with Gasteiger partial charge in [-0.1, -0.05) is 18.3 Å². The van der Waals surface area contributed by atoms with Crippen molar-refractivity contribution in [1.82, 2.24) is 0 Å². The molecule has 0 fully saturated rings. The molecule has 0 amide bonds. The Morgan fingerprint density at radius 1 is 1.62 bits per heavy atom. The zero-order valence-electron chi connectivity index (χ0n) is 7.16. The van der Waals surface area contributed by atoms with Crippen LogP contribution in [-0.2, 0) is 0 Å². The molecule has 0 bridgehead atoms. The van der Waals surface area contributed by atoms with Gasteiger partial charge in [-0.2, -0.15) is 0 Å². The molecule has 1 unspecified atom stereocenters. The Labute approximate surface area is 81.5 Å². The van der Waals surface area contributed by atoms with Gasteiger partial charge in [-0.25, -0.2) is 4.39 Å². The predicted octanol–water partition coefficient (Wildman–Crippen LogP) is 1.88. The first-order valence-corrected chi connectivity index (χ1v) is 4.22. The van der Waals surface area contributed by atoms with E-state index in [0.29, 0.717) is 5.75 Å². The number of halogens is 1. The number of nitrogens with two attached hydrogens (primary N) is 1. The van der Waals surface area contributed by atoms with Crippen molar-refractivity contribution in [1.29, 1.82) is 0 Å². The summed E-state index contributed by atoms with van der Waals surface area (Å²) in [5, 5.41) is 0. The van der Waals surface area contributed by atoms with Gasteiger partial charge in [0.1, 0.15) is 22.7 Å². The molecule has 1 rings (SSSR count). The van der Waals surface area contributed by atoms with Crippen LogP contribution < -0.4 is 10.5 Å². The van der Waals surface area contributed by atoms with Crippen molar-refractivity contribution in [3.8, 4) is 5.75 Å². The fraction of sp³-hybridized carbons (Fsp3) is 0.222. The third-order valence-electron chi connectivity index (χ3n) is 1.51. The zero-order valence-corrected chi connectivity index (χ0v) is 7.98. The maximum atomic E-state index is 12.7. The molecule has 0 aromatic heterocycles. The fourth-order valence-corrected chi connectivity index (χ4v) is 0.851. The van der Waals surface area contributed by atoms with Crippen molar-refractivity contribution in [2.45, 2.75) is 13.0 Å². The van der Waals surface area contributed by atoms with Crippen molar-refractivity contribution in [2.75, 3.05) is 0 Å². The summed E-state index contributed by atoms with van der Waals surface area (Å²) in [4.78, 5) is 0.254. The summed E-state index contributed by atoms with van der Waals surface area (Å²) in [6.07, 6.45) is -0.378. The van der Waals surface area contributed by atoms with E-state index in [2.05, 4.69) is 0 Å². The van der Waals surface area contributed by atoms with Gasteiger partial charge in [0.2, 0.25) is 0 Å². The quantitative estimate of drug-likeness (QED) is 0.755. The molecule has 1 aromatic rings. The second-order valence-electron chi connectivity index (χ2n) is 2.62. The summed E-state index contributed by atoms with van der Waals surface area (Å²) in [6, 6.07) is 5.85. The molecule has 4 heteroatoms. The summed E-state index contributed by atoms with van der Waals surface area (Å²) >= 11 is 4.71. The Bertz CT molecular complexity index is 316. The van der Waals surface area contributed by atoms with Crippen LogP contribution in [-0.4, -0.2) is 11.1 Å². The van der Waals surface area contributed by atoms with Gasteiger partial charge in [-0.15, -0.1) is 0 Å². The molecule has 13 heavy (non-hydrogen) atoms. The van der Waals surface area contributed by atoms with E-state index in [1.807, 2.05) is 0 Å². The summed E-state index contributed by atoms with van der Waals surface area (Å²) < 4.78 is 17.9. The van der Waals surface area contributed by atoms with Crippen molar-refractivity contribution in [2.24, 2.45) is 5.73 Å². The lowest BCUT2D eigenvalue weighted by Crippen LogP contribution is -2.28. The van der Waals surface area contributed by atoms with E-state index < -0.39 is 0 Å². The van der Waals surface area contributed by atoms with Crippen LogP contribution in [0.2, 0.25) is 0 Å². The molecule has 1 aromatic carbocycles. The first-order chi connectivity index (χ1) is 6.09. The van der Waals surface area contributed by atoms with Gasteiger partial charge in [-0.05, 0) is 19.1 Å². The summed E-state index contributed by atoms with van der Waals surface area (Å²) in [5.74, 6) is 0.0907. The molecule has 0 aliphatic rings. The second-order valence-corrected chi connectivity index (χ2v) is 3.09. The molecule has 0 spiro atoms. The lowest BCUT2D eigenvalue weighted by atomic mass is 10.3. The molecule has 1 atom stereocenters. The summed E-state index contributed by atoms with van der Waals surface area (Å²) in [7, 11) is 0. The van der Waals surface area contributed by atoms with E-state index in [9.17, 15) is 4.39 Å². The van der Waals surface area contributed by atoms with E-state index in [1.165, 1.54) is 12.1 Å². The standard InChI is InChI=1S/C9H10FNOS/c1-6(9(11)13)12-8-4-2-3-7(10)5-8/h2-6H,1H3,(H2,11,13). The molecule has 0 saturated heterocycles. The van der Waals surface area contributed by atoms with Crippen molar-refractivity contribution in [3.63, 3.8) is 0 Å². The largest absolute Gasteiger partial charge is 0.484 e. The van der Waals surface area contributed by atoms with E-state index in [-0.39, 0.29) is 16.9 Å². The fourth-order valence-electron chi connectivity index (χ4n) is 0.803. The molecular weight excluding hydrogens is 189 g/mol. The Balaban J connectivity index is 2.69. The van der Waals surface area contributed by atoms with Gasteiger partial charge >= 0.3 is 0 Å². The number of thiocarbonyl (C=S) groups is 1. The number of hydrogen-bond acceptors (Lipinski definition) is 2. The molecule has 0 saturated carbocycles. The van der Waals surface area contributed by atoms with Gasteiger partial charge < -0.3 is 10.5 Å². The maximum absolute atomic E-state index is 12.7. The van der Waals surface area contributed by atoms with Gasteiger partial charge in [0, 0.05) is 6.07 Å². The number of ether oxygens (including phenoxy) is 1. The predicted molar refractivity (Wildman–Crippen MR) is 53.3 cm³/mol. The minimum absolute atomic E-state index is 0.254. The molecule has 0 aliphatic heterocycles. The molecular formula is C9H10FNOS. The van der Waals surface area contributed by atoms with Crippen LogP contribution in [0.4, 0.5) is 4.39 Å². The van der Waals surface area contributed by atoms with Crippen LogP contribution in [0.1, 0.15) is 6.92 Å². The summed E-state index contributed by atoms with van der Waals surface area (Å²) in [5.41, 5.74) is 5.33. The minimum atomic E-state index is -0.378. The first-order valence-electron chi connectivity index (χ1n) is 3.81. The average molecular weight is 199 g/mol. The Morgan fingerprint density at radius 2 is 2.31 bits per heavy atom. The monoisotopic (exact) mass is 199 g/mol. The average Bonchev–Trinajstić information content (AvgIpc) is 2.04.